The van der Waals surface area contributed by atoms with Crippen molar-refractivity contribution in [1.82, 2.24) is 20.0 Å². The van der Waals surface area contributed by atoms with Crippen molar-refractivity contribution in [2.45, 2.75) is 25.9 Å². The zero-order chi connectivity index (χ0) is 23.5. The summed E-state index contributed by atoms with van der Waals surface area (Å²) in [6, 6.07) is 13.9. The number of nitrogens with one attached hydrogen (secondary N) is 2. The van der Waals surface area contributed by atoms with Crippen LogP contribution in [-0.2, 0) is 17.8 Å². The van der Waals surface area contributed by atoms with E-state index in [1.165, 1.54) is 18.4 Å². The number of amidine groups is 1. The van der Waals surface area contributed by atoms with Gasteiger partial charge in [0, 0.05) is 37.3 Å². The molecule has 3 aromatic rings. The van der Waals surface area contributed by atoms with Crippen molar-refractivity contribution in [2.75, 3.05) is 43.5 Å². The number of aliphatic imine (C=N–C) groups is 1. The maximum atomic E-state index is 5.54. The van der Waals surface area contributed by atoms with E-state index in [-0.39, 0.29) is 0 Å². The van der Waals surface area contributed by atoms with Gasteiger partial charge in [-0.1, -0.05) is 35.5 Å². The molecule has 180 valence electrons. The lowest BCUT2D eigenvalue weighted by atomic mass is 10.1. The zero-order valence-corrected chi connectivity index (χ0v) is 19.6. The lowest BCUT2D eigenvalue weighted by Gasteiger charge is -2.26. The Kier molecular flexibility index (Phi) is 6.25. The molecule has 1 aromatic carbocycles. The van der Waals surface area contributed by atoms with E-state index in [1.54, 1.807) is 0 Å². The van der Waals surface area contributed by atoms with Gasteiger partial charge in [-0.15, -0.1) is 0 Å². The second-order valence-corrected chi connectivity index (χ2v) is 9.17. The van der Waals surface area contributed by atoms with Gasteiger partial charge >= 0.3 is 0 Å². The Hall–Kier alpha value is -3.56. The van der Waals surface area contributed by atoms with Gasteiger partial charge in [-0.3, -0.25) is 9.89 Å². The Balaban J connectivity index is 1.17. The van der Waals surface area contributed by atoms with Crippen LogP contribution in [0.4, 0.5) is 11.8 Å². The fourth-order valence-electron chi connectivity index (χ4n) is 4.37. The average Bonchev–Trinajstić information content (AvgIpc) is 3.45. The summed E-state index contributed by atoms with van der Waals surface area (Å²) < 4.78 is 11.0. The fourth-order valence-corrected chi connectivity index (χ4v) is 4.37. The quantitative estimate of drug-likeness (QED) is 0.513. The predicted molar refractivity (Wildman–Crippen MR) is 134 cm³/mol. The first-order valence-corrected chi connectivity index (χ1v) is 12.2. The molecule has 9 heteroatoms. The number of ether oxygens (including phenoxy) is 1. The Morgan fingerprint density at radius 2 is 1.89 bits per heavy atom. The van der Waals surface area contributed by atoms with Gasteiger partial charge in [0.15, 0.2) is 5.76 Å². The van der Waals surface area contributed by atoms with Crippen molar-refractivity contribution in [1.29, 1.82) is 0 Å². The smallest absolute Gasteiger partial charge is 0.225 e. The van der Waals surface area contributed by atoms with E-state index in [0.29, 0.717) is 12.5 Å². The van der Waals surface area contributed by atoms with E-state index in [2.05, 4.69) is 31.8 Å². The number of hydrogen-bond donors (Lipinski definition) is 2. The normalized spacial score (nSPS) is 18.3. The van der Waals surface area contributed by atoms with E-state index in [0.717, 1.165) is 79.7 Å². The number of anilines is 2. The van der Waals surface area contributed by atoms with Gasteiger partial charge in [0.05, 0.1) is 32.0 Å². The van der Waals surface area contributed by atoms with Crippen LogP contribution >= 0.6 is 0 Å². The molecule has 3 aliphatic rings. The molecule has 1 saturated carbocycles. The molecule has 0 radical (unpaired) electrons. The minimum Gasteiger partial charge on any atom is -0.379 e. The number of aromatic nitrogens is 3. The molecule has 9 nitrogen and oxygen atoms in total. The molecule has 1 aliphatic carbocycles. The summed E-state index contributed by atoms with van der Waals surface area (Å²) in [6.45, 7) is 5.27. The van der Waals surface area contributed by atoms with Gasteiger partial charge in [-0.25, -0.2) is 4.98 Å². The summed E-state index contributed by atoms with van der Waals surface area (Å²) in [7, 11) is 0. The molecule has 0 amide bonds. The topological polar surface area (TPSA) is 101 Å². The summed E-state index contributed by atoms with van der Waals surface area (Å²) in [5.41, 5.74) is 4.20. The largest absolute Gasteiger partial charge is 0.379 e. The molecule has 2 aromatic heterocycles. The van der Waals surface area contributed by atoms with Gasteiger partial charge in [-0.2, -0.15) is 4.98 Å². The van der Waals surface area contributed by atoms with Crippen LogP contribution in [0.15, 0.2) is 63.6 Å². The summed E-state index contributed by atoms with van der Waals surface area (Å²) in [5, 5.41) is 10.9. The monoisotopic (exact) mass is 471 g/mol. The maximum absolute atomic E-state index is 5.54. The Morgan fingerprint density at radius 3 is 2.71 bits per heavy atom. The Labute approximate surface area is 204 Å². The second kappa shape index (κ2) is 9.97. The lowest BCUT2D eigenvalue weighted by Crippen LogP contribution is -2.36. The standard InChI is InChI=1S/C26H29N7O2/c1-2-4-19(5-3-1)23-14-22(35-32-23)16-28-26-29-21(17-33-8-10-34-11-9-33)13-25(31-26)30-24-12-20(15-27-24)18-6-7-18/h1-5,12-14,18H,6-11,15-17H2,(H2,27,28,29,30,31). The van der Waals surface area contributed by atoms with Gasteiger partial charge in [0.2, 0.25) is 5.95 Å². The number of hydrogen-bond acceptors (Lipinski definition) is 9. The third-order valence-corrected chi connectivity index (χ3v) is 6.43. The van der Waals surface area contributed by atoms with Crippen molar-refractivity contribution in [3.63, 3.8) is 0 Å². The van der Waals surface area contributed by atoms with Crippen LogP contribution in [0.2, 0.25) is 0 Å². The SMILES string of the molecule is C1=C(C2CC2)CN=C1Nc1cc(CN2CCOCC2)nc(NCc2cc(-c3ccccc3)no2)n1. The molecule has 2 fully saturated rings. The predicted octanol–water partition coefficient (Wildman–Crippen LogP) is 3.74. The minimum atomic E-state index is 0.437. The van der Waals surface area contributed by atoms with E-state index in [4.69, 9.17) is 19.2 Å². The second-order valence-electron chi connectivity index (χ2n) is 9.17. The molecular weight excluding hydrogens is 442 g/mol. The third-order valence-electron chi connectivity index (χ3n) is 6.43. The van der Waals surface area contributed by atoms with Crippen LogP contribution in [0, 0.1) is 5.92 Å². The van der Waals surface area contributed by atoms with Crippen LogP contribution in [0.3, 0.4) is 0 Å². The highest BCUT2D eigenvalue weighted by Crippen LogP contribution is 2.37. The van der Waals surface area contributed by atoms with Gasteiger partial charge in [0.25, 0.3) is 0 Å². The Morgan fingerprint density at radius 1 is 1.03 bits per heavy atom. The highest BCUT2D eigenvalue weighted by atomic mass is 16.5. The first-order chi connectivity index (χ1) is 17.3. The van der Waals surface area contributed by atoms with Crippen LogP contribution < -0.4 is 10.6 Å². The molecule has 0 spiro atoms. The molecule has 4 heterocycles. The summed E-state index contributed by atoms with van der Waals surface area (Å²) in [4.78, 5) is 16.5. The third kappa shape index (κ3) is 5.58. The van der Waals surface area contributed by atoms with Crippen molar-refractivity contribution in [2.24, 2.45) is 10.9 Å². The van der Waals surface area contributed by atoms with Gasteiger partial charge in [-0.05, 0) is 30.4 Å². The van der Waals surface area contributed by atoms with E-state index >= 15 is 0 Å². The first-order valence-electron chi connectivity index (χ1n) is 12.2. The molecule has 35 heavy (non-hydrogen) atoms. The van der Waals surface area contributed by atoms with E-state index in [9.17, 15) is 0 Å². The molecule has 0 bridgehead atoms. The van der Waals surface area contributed by atoms with Gasteiger partial charge in [0.1, 0.15) is 17.3 Å². The lowest BCUT2D eigenvalue weighted by molar-refractivity contribution is 0.0336. The number of nitrogens with zero attached hydrogens (tertiary/aromatic N) is 5. The molecule has 2 N–H and O–H groups in total. The summed E-state index contributed by atoms with van der Waals surface area (Å²) in [5.74, 6) is 3.59. The first kappa shape index (κ1) is 21.9. The van der Waals surface area contributed by atoms with Crippen molar-refractivity contribution in [3.8, 4) is 11.3 Å². The molecular formula is C26H29N7O2. The zero-order valence-electron chi connectivity index (χ0n) is 19.6. The minimum absolute atomic E-state index is 0.437. The molecule has 0 unspecified atom stereocenters. The van der Waals surface area contributed by atoms with Crippen molar-refractivity contribution < 1.29 is 9.26 Å². The number of rotatable bonds is 8. The van der Waals surface area contributed by atoms with Gasteiger partial charge < -0.3 is 19.9 Å². The number of benzene rings is 1. The number of morpholine rings is 1. The highest BCUT2D eigenvalue weighted by Gasteiger charge is 2.28. The van der Waals surface area contributed by atoms with Crippen molar-refractivity contribution in [3.05, 3.63) is 65.6 Å². The average molecular weight is 472 g/mol. The molecule has 2 aliphatic heterocycles. The summed E-state index contributed by atoms with van der Waals surface area (Å²) in [6.07, 6.45) is 4.75. The maximum Gasteiger partial charge on any atom is 0.225 e. The van der Waals surface area contributed by atoms with Crippen LogP contribution in [0.25, 0.3) is 11.3 Å². The highest BCUT2D eigenvalue weighted by molar-refractivity contribution is 6.05. The molecule has 0 atom stereocenters. The Bertz CT molecular complexity index is 1230. The molecule has 6 rings (SSSR count). The van der Waals surface area contributed by atoms with Crippen LogP contribution in [0.1, 0.15) is 24.3 Å². The van der Waals surface area contributed by atoms with E-state index in [1.807, 2.05) is 42.5 Å². The van der Waals surface area contributed by atoms with Crippen molar-refractivity contribution >= 4 is 17.6 Å². The fraction of sp³-hybridized carbons (Fsp3) is 0.385. The van der Waals surface area contributed by atoms with Crippen LogP contribution in [0.5, 0.6) is 0 Å². The summed E-state index contributed by atoms with van der Waals surface area (Å²) >= 11 is 0. The van der Waals surface area contributed by atoms with Crippen LogP contribution in [-0.4, -0.2) is 58.7 Å². The molecule has 1 saturated heterocycles. The van der Waals surface area contributed by atoms with E-state index < -0.39 is 0 Å².